The molecule has 0 bridgehead atoms. The van der Waals surface area contributed by atoms with Crippen LogP contribution in [0.3, 0.4) is 0 Å². The van der Waals surface area contributed by atoms with Crippen molar-refractivity contribution in [3.63, 3.8) is 0 Å². The van der Waals surface area contributed by atoms with Gasteiger partial charge in [0.05, 0.1) is 29.2 Å². The topological polar surface area (TPSA) is 62.2 Å². The zero-order chi connectivity index (χ0) is 24.7. The summed E-state index contributed by atoms with van der Waals surface area (Å²) in [7, 11) is 3.53. The molecule has 1 amide bonds. The third-order valence-electron chi connectivity index (χ3n) is 5.60. The van der Waals surface area contributed by atoms with Gasteiger partial charge in [-0.1, -0.05) is 11.8 Å². The number of fused-ring (bicyclic) bond motifs is 1. The number of ketones is 1. The number of Topliss-reactive ketones (excluding diaryl/α,β-unsaturated/α-hetero) is 1. The highest BCUT2D eigenvalue weighted by atomic mass is 32.2. The Hall–Kier alpha value is -3.56. The van der Waals surface area contributed by atoms with Gasteiger partial charge in [-0.3, -0.25) is 14.5 Å². The maximum Gasteiger partial charge on any atom is 0.274 e. The lowest BCUT2D eigenvalue weighted by atomic mass is 10.1. The van der Waals surface area contributed by atoms with E-state index >= 15 is 0 Å². The number of halogens is 1. The Kier molecular flexibility index (Phi) is 6.12. The number of methoxy groups -OCH3 is 1. The van der Waals surface area contributed by atoms with Gasteiger partial charge < -0.3 is 9.64 Å². The smallest absolute Gasteiger partial charge is 0.274 e. The van der Waals surface area contributed by atoms with E-state index in [2.05, 4.69) is 0 Å². The minimum atomic E-state index is -0.389. The number of carbonyl (C=O) groups is 2. The Morgan fingerprint density at radius 2 is 1.71 bits per heavy atom. The molecule has 0 unspecified atom stereocenters. The third-order valence-corrected chi connectivity index (χ3v) is 7.99. The summed E-state index contributed by atoms with van der Waals surface area (Å²) in [5.74, 6) is 0.0689. The molecule has 1 saturated heterocycles. The first-order valence-electron chi connectivity index (χ1n) is 10.7. The molecule has 0 spiro atoms. The number of ether oxygens (including phenoxy) is 1. The van der Waals surface area contributed by atoms with Gasteiger partial charge in [-0.2, -0.15) is 0 Å². The van der Waals surface area contributed by atoms with Gasteiger partial charge in [0, 0.05) is 23.6 Å². The number of amidine groups is 1. The predicted molar refractivity (Wildman–Crippen MR) is 139 cm³/mol. The molecule has 2 heterocycles. The molecule has 3 aromatic carbocycles. The summed E-state index contributed by atoms with van der Waals surface area (Å²) in [5.41, 5.74) is 2.65. The Labute approximate surface area is 210 Å². The van der Waals surface area contributed by atoms with Crippen molar-refractivity contribution >= 4 is 57.4 Å². The molecule has 35 heavy (non-hydrogen) atoms. The number of anilines is 2. The van der Waals surface area contributed by atoms with Crippen molar-refractivity contribution in [3.8, 4) is 5.75 Å². The van der Waals surface area contributed by atoms with Crippen LogP contribution in [0.2, 0.25) is 0 Å². The lowest BCUT2D eigenvalue weighted by Crippen LogP contribution is -2.29. The van der Waals surface area contributed by atoms with Crippen LogP contribution in [0.5, 0.6) is 5.75 Å². The lowest BCUT2D eigenvalue weighted by molar-refractivity contribution is -0.113. The van der Waals surface area contributed by atoms with Gasteiger partial charge in [0.2, 0.25) is 0 Å². The molecule has 0 aliphatic carbocycles. The Morgan fingerprint density at radius 1 is 1.00 bits per heavy atom. The molecule has 0 saturated carbocycles. The standard InChI is InChI=1S/C26H20FN3O3S2/c1-15(31)16-4-8-18(9-5-16)28-26-30(19-10-6-17(27)7-11-19)24(32)23(35-26)25-29(2)21-14-20(33-3)12-13-22(21)34-25/h4-14H,1-3H3. The number of hydrogen-bond donors (Lipinski definition) is 0. The van der Waals surface area contributed by atoms with Gasteiger partial charge in [-0.05, 0) is 79.3 Å². The quantitative estimate of drug-likeness (QED) is 0.310. The number of aliphatic imine (C=N–C) groups is 1. The van der Waals surface area contributed by atoms with Crippen molar-refractivity contribution in [2.45, 2.75) is 11.8 Å². The first-order valence-corrected chi connectivity index (χ1v) is 12.3. The second-order valence-electron chi connectivity index (χ2n) is 7.85. The second kappa shape index (κ2) is 9.24. The first kappa shape index (κ1) is 23.2. The van der Waals surface area contributed by atoms with Gasteiger partial charge in [0.25, 0.3) is 5.91 Å². The van der Waals surface area contributed by atoms with Crippen LogP contribution < -0.4 is 14.5 Å². The van der Waals surface area contributed by atoms with E-state index < -0.39 is 0 Å². The zero-order valence-corrected chi connectivity index (χ0v) is 20.7. The summed E-state index contributed by atoms with van der Waals surface area (Å²) < 4.78 is 19.0. The van der Waals surface area contributed by atoms with Crippen molar-refractivity contribution in [1.82, 2.24) is 0 Å². The summed E-state index contributed by atoms with van der Waals surface area (Å²) in [5, 5.41) is 1.23. The van der Waals surface area contributed by atoms with Gasteiger partial charge in [0.15, 0.2) is 11.0 Å². The highest BCUT2D eigenvalue weighted by Crippen LogP contribution is 2.51. The second-order valence-corrected chi connectivity index (χ2v) is 9.85. The number of hydrogen-bond acceptors (Lipinski definition) is 7. The van der Waals surface area contributed by atoms with Crippen LogP contribution in [0.1, 0.15) is 17.3 Å². The molecule has 0 N–H and O–H groups in total. The summed E-state index contributed by atoms with van der Waals surface area (Å²) in [6.45, 7) is 1.50. The van der Waals surface area contributed by atoms with Crippen molar-refractivity contribution in [2.24, 2.45) is 4.99 Å². The summed E-state index contributed by atoms with van der Waals surface area (Å²) >= 11 is 2.77. The van der Waals surface area contributed by atoms with E-state index in [4.69, 9.17) is 9.73 Å². The van der Waals surface area contributed by atoms with Crippen molar-refractivity contribution in [1.29, 1.82) is 0 Å². The molecule has 3 aromatic rings. The first-order chi connectivity index (χ1) is 16.9. The molecule has 0 atom stereocenters. The summed E-state index contributed by atoms with van der Waals surface area (Å²) in [4.78, 5) is 35.0. The van der Waals surface area contributed by atoms with E-state index in [0.29, 0.717) is 27.0 Å². The van der Waals surface area contributed by atoms with E-state index in [0.717, 1.165) is 21.4 Å². The highest BCUT2D eigenvalue weighted by Gasteiger charge is 2.40. The van der Waals surface area contributed by atoms with E-state index in [1.54, 1.807) is 43.5 Å². The van der Waals surface area contributed by atoms with Crippen LogP contribution in [-0.2, 0) is 4.79 Å². The van der Waals surface area contributed by atoms with Crippen molar-refractivity contribution in [2.75, 3.05) is 24.0 Å². The van der Waals surface area contributed by atoms with Gasteiger partial charge >= 0.3 is 0 Å². The zero-order valence-electron chi connectivity index (χ0n) is 19.1. The van der Waals surface area contributed by atoms with Gasteiger partial charge in [-0.25, -0.2) is 9.38 Å². The highest BCUT2D eigenvalue weighted by molar-refractivity contribution is 8.20. The average molecular weight is 506 g/mol. The average Bonchev–Trinajstić information content (AvgIpc) is 3.35. The van der Waals surface area contributed by atoms with Crippen LogP contribution in [0.4, 0.5) is 21.5 Å². The third kappa shape index (κ3) is 4.33. The fraction of sp³-hybridized carbons (Fsp3) is 0.115. The molecule has 0 aromatic heterocycles. The molecule has 2 aliphatic rings. The molecule has 6 nitrogen and oxygen atoms in total. The minimum Gasteiger partial charge on any atom is -0.497 e. The molecule has 5 rings (SSSR count). The van der Waals surface area contributed by atoms with E-state index in [1.165, 1.54) is 47.5 Å². The number of carbonyl (C=O) groups excluding carboxylic acids is 2. The summed E-state index contributed by atoms with van der Waals surface area (Å²) in [6, 6.07) is 18.4. The fourth-order valence-corrected chi connectivity index (χ4v) is 6.06. The van der Waals surface area contributed by atoms with Crippen LogP contribution in [0.15, 0.2) is 86.6 Å². The number of nitrogens with zero attached hydrogens (tertiary/aromatic N) is 3. The molecule has 0 radical (unpaired) electrons. The molecule has 1 fully saturated rings. The monoisotopic (exact) mass is 505 g/mol. The number of benzene rings is 3. The maximum absolute atomic E-state index is 13.7. The van der Waals surface area contributed by atoms with Crippen molar-refractivity contribution in [3.05, 3.63) is 88.0 Å². The molecule has 9 heteroatoms. The van der Waals surface area contributed by atoms with E-state index in [1.807, 2.05) is 30.1 Å². The molecular weight excluding hydrogens is 485 g/mol. The molecular formula is C26H20FN3O3S2. The Bertz CT molecular complexity index is 1400. The van der Waals surface area contributed by atoms with Crippen LogP contribution >= 0.6 is 23.5 Å². The number of amides is 1. The largest absolute Gasteiger partial charge is 0.497 e. The van der Waals surface area contributed by atoms with Crippen molar-refractivity contribution < 1.29 is 18.7 Å². The maximum atomic E-state index is 13.7. The lowest BCUT2D eigenvalue weighted by Gasteiger charge is -2.17. The minimum absolute atomic E-state index is 0.0351. The summed E-state index contributed by atoms with van der Waals surface area (Å²) in [6.07, 6.45) is 0. The Morgan fingerprint density at radius 3 is 2.37 bits per heavy atom. The Balaban J connectivity index is 1.58. The SMILES string of the molecule is COc1ccc2c(c1)N(C)C(=C1SC(=Nc3ccc(C(C)=O)cc3)N(c3ccc(F)cc3)C1=O)S2. The van der Waals surface area contributed by atoms with E-state index in [9.17, 15) is 14.0 Å². The van der Waals surface area contributed by atoms with Crippen LogP contribution in [0, 0.1) is 5.82 Å². The molecule has 2 aliphatic heterocycles. The van der Waals surface area contributed by atoms with Gasteiger partial charge in [-0.15, -0.1) is 0 Å². The molecule has 176 valence electrons. The number of rotatable bonds is 4. The van der Waals surface area contributed by atoms with Crippen LogP contribution in [0.25, 0.3) is 0 Å². The van der Waals surface area contributed by atoms with E-state index in [-0.39, 0.29) is 17.5 Å². The number of thioether (sulfide) groups is 2. The van der Waals surface area contributed by atoms with Gasteiger partial charge in [0.1, 0.15) is 16.5 Å². The van der Waals surface area contributed by atoms with Crippen LogP contribution in [-0.4, -0.2) is 31.0 Å². The predicted octanol–water partition coefficient (Wildman–Crippen LogP) is 6.22. The normalized spacial score (nSPS) is 18.4. The fourth-order valence-electron chi connectivity index (χ4n) is 3.73.